The molecule has 1 atom stereocenters. The number of carbonyl (C=O) groups is 1. The Morgan fingerprint density at radius 1 is 1.30 bits per heavy atom. The van der Waals surface area contributed by atoms with Gasteiger partial charge >= 0.3 is 5.69 Å². The van der Waals surface area contributed by atoms with Gasteiger partial charge in [-0.25, -0.2) is 9.48 Å². The maximum Gasteiger partial charge on any atom is 0.345 e. The minimum absolute atomic E-state index is 0.00488. The van der Waals surface area contributed by atoms with Gasteiger partial charge in [-0.15, -0.1) is 0 Å². The van der Waals surface area contributed by atoms with Crippen LogP contribution >= 0.6 is 0 Å². The molecule has 142 valence electrons. The van der Waals surface area contributed by atoms with Crippen molar-refractivity contribution in [2.24, 2.45) is 7.05 Å². The number of aromatic nitrogens is 4. The maximum absolute atomic E-state index is 13.0. The predicted octanol–water partition coefficient (Wildman–Crippen LogP) is 2.66. The highest BCUT2D eigenvalue weighted by atomic mass is 16.2. The smallest absolute Gasteiger partial charge is 0.345 e. The van der Waals surface area contributed by atoms with E-state index in [2.05, 4.69) is 10.1 Å². The van der Waals surface area contributed by atoms with Gasteiger partial charge in [-0.1, -0.05) is 18.2 Å². The number of nitrogens with one attached hydrogen (secondary N) is 1. The topological polar surface area (TPSA) is 75.9 Å². The van der Waals surface area contributed by atoms with Crippen LogP contribution in [0.15, 0.2) is 35.1 Å². The number of piperidine rings is 1. The van der Waals surface area contributed by atoms with Gasteiger partial charge in [0.15, 0.2) is 0 Å². The van der Waals surface area contributed by atoms with Crippen molar-refractivity contribution in [3.8, 4) is 0 Å². The summed E-state index contributed by atoms with van der Waals surface area (Å²) in [6.07, 6.45) is 1.83. The quantitative estimate of drug-likeness (QED) is 0.773. The number of hydrogen-bond donors (Lipinski definition) is 1. The van der Waals surface area contributed by atoms with E-state index in [-0.39, 0.29) is 23.6 Å². The van der Waals surface area contributed by atoms with E-state index < -0.39 is 0 Å². The van der Waals surface area contributed by atoms with E-state index >= 15 is 0 Å². The fourth-order valence-electron chi connectivity index (χ4n) is 3.99. The van der Waals surface area contributed by atoms with Gasteiger partial charge in [-0.05, 0) is 38.8 Å². The summed E-state index contributed by atoms with van der Waals surface area (Å²) in [5.74, 6) is 0.861. The number of aromatic amines is 1. The van der Waals surface area contributed by atoms with E-state index in [1.54, 1.807) is 11.6 Å². The Morgan fingerprint density at radius 2 is 2.07 bits per heavy atom. The number of hydrogen-bond acceptors (Lipinski definition) is 3. The number of benzene rings is 1. The van der Waals surface area contributed by atoms with E-state index in [1.807, 2.05) is 49.1 Å². The second-order valence-corrected chi connectivity index (χ2v) is 7.59. The number of para-hydroxylation sites is 1. The first-order chi connectivity index (χ1) is 13.0. The summed E-state index contributed by atoms with van der Waals surface area (Å²) in [4.78, 5) is 30.5. The van der Waals surface area contributed by atoms with Crippen molar-refractivity contribution < 1.29 is 4.79 Å². The highest BCUT2D eigenvalue weighted by Crippen LogP contribution is 2.27. The zero-order chi connectivity index (χ0) is 19.1. The van der Waals surface area contributed by atoms with Crippen LogP contribution in [-0.4, -0.2) is 43.2 Å². The van der Waals surface area contributed by atoms with Crippen LogP contribution in [0.4, 0.5) is 0 Å². The molecule has 0 bridgehead atoms. The summed E-state index contributed by atoms with van der Waals surface area (Å²) in [6, 6.07) is 9.84. The summed E-state index contributed by atoms with van der Waals surface area (Å²) >= 11 is 0. The summed E-state index contributed by atoms with van der Waals surface area (Å²) in [5, 5.41) is 5.51. The maximum atomic E-state index is 13.0. The summed E-state index contributed by atoms with van der Waals surface area (Å²) in [7, 11) is 1.68. The Hall–Kier alpha value is -2.83. The molecule has 1 aliphatic rings. The molecule has 1 N–H and O–H groups in total. The summed E-state index contributed by atoms with van der Waals surface area (Å²) in [5.41, 5.74) is 1.48. The van der Waals surface area contributed by atoms with Crippen LogP contribution in [0, 0.1) is 0 Å². The Balaban J connectivity index is 1.61. The SMILES string of the molecule is CC(C)n1c(C2CCCN(C(=O)c3cc4ccccc4[nH]3)C2)nn(C)c1=O. The lowest BCUT2D eigenvalue weighted by Crippen LogP contribution is -2.40. The number of amides is 1. The van der Waals surface area contributed by atoms with Gasteiger partial charge in [0.1, 0.15) is 11.5 Å². The van der Waals surface area contributed by atoms with Crippen LogP contribution in [0.2, 0.25) is 0 Å². The highest BCUT2D eigenvalue weighted by Gasteiger charge is 2.30. The Kier molecular flexibility index (Phi) is 4.37. The molecule has 7 heteroatoms. The average molecular weight is 367 g/mol. The molecule has 0 radical (unpaired) electrons. The molecule has 0 spiro atoms. The molecule has 4 rings (SSSR count). The first-order valence-electron chi connectivity index (χ1n) is 9.48. The molecule has 3 aromatic rings. The second-order valence-electron chi connectivity index (χ2n) is 7.59. The molecular weight excluding hydrogens is 342 g/mol. The second kappa shape index (κ2) is 6.72. The molecule has 0 saturated carbocycles. The van der Waals surface area contributed by atoms with Gasteiger partial charge < -0.3 is 9.88 Å². The van der Waals surface area contributed by atoms with Gasteiger partial charge in [-0.3, -0.25) is 9.36 Å². The van der Waals surface area contributed by atoms with Crippen molar-refractivity contribution in [1.82, 2.24) is 24.2 Å². The molecule has 0 aliphatic carbocycles. The summed E-state index contributed by atoms with van der Waals surface area (Å²) < 4.78 is 3.15. The number of nitrogens with zero attached hydrogens (tertiary/aromatic N) is 4. The van der Waals surface area contributed by atoms with Crippen LogP contribution in [-0.2, 0) is 7.05 Å². The lowest BCUT2D eigenvalue weighted by molar-refractivity contribution is 0.0698. The monoisotopic (exact) mass is 367 g/mol. The van der Waals surface area contributed by atoms with E-state index in [9.17, 15) is 9.59 Å². The predicted molar refractivity (Wildman–Crippen MR) is 104 cm³/mol. The van der Waals surface area contributed by atoms with Crippen LogP contribution < -0.4 is 5.69 Å². The third-order valence-corrected chi connectivity index (χ3v) is 5.33. The molecule has 1 unspecified atom stereocenters. The van der Waals surface area contributed by atoms with Crippen molar-refractivity contribution >= 4 is 16.8 Å². The molecule has 1 fully saturated rings. The van der Waals surface area contributed by atoms with E-state index in [0.717, 1.165) is 36.1 Å². The average Bonchev–Trinajstić information content (AvgIpc) is 3.22. The van der Waals surface area contributed by atoms with Crippen LogP contribution in [0.3, 0.4) is 0 Å². The number of carbonyl (C=O) groups excluding carboxylic acids is 1. The van der Waals surface area contributed by atoms with Crippen molar-refractivity contribution in [2.75, 3.05) is 13.1 Å². The Bertz CT molecular complexity index is 1010. The molecule has 1 aliphatic heterocycles. The van der Waals surface area contributed by atoms with Crippen molar-refractivity contribution in [3.63, 3.8) is 0 Å². The van der Waals surface area contributed by atoms with Crippen molar-refractivity contribution in [2.45, 2.75) is 38.6 Å². The zero-order valence-corrected chi connectivity index (χ0v) is 16.0. The van der Waals surface area contributed by atoms with Gasteiger partial charge in [0.25, 0.3) is 5.91 Å². The van der Waals surface area contributed by atoms with Gasteiger partial charge in [0, 0.05) is 43.0 Å². The number of aryl methyl sites for hydroxylation is 1. The fourth-order valence-corrected chi connectivity index (χ4v) is 3.99. The molecular formula is C20H25N5O2. The van der Waals surface area contributed by atoms with Gasteiger partial charge in [-0.2, -0.15) is 5.10 Å². The lowest BCUT2D eigenvalue weighted by Gasteiger charge is -2.32. The molecule has 1 aromatic carbocycles. The largest absolute Gasteiger partial charge is 0.351 e. The number of rotatable bonds is 3. The molecule has 3 heterocycles. The summed E-state index contributed by atoms with van der Waals surface area (Å²) in [6.45, 7) is 5.28. The van der Waals surface area contributed by atoms with E-state index in [4.69, 9.17) is 0 Å². The molecule has 27 heavy (non-hydrogen) atoms. The molecule has 1 saturated heterocycles. The van der Waals surface area contributed by atoms with Gasteiger partial charge in [0.2, 0.25) is 0 Å². The molecule has 2 aromatic heterocycles. The Morgan fingerprint density at radius 3 is 2.81 bits per heavy atom. The Labute approximate surface area is 157 Å². The van der Waals surface area contributed by atoms with Crippen LogP contribution in [0.1, 0.15) is 55.0 Å². The number of H-pyrrole nitrogens is 1. The van der Waals surface area contributed by atoms with Crippen molar-refractivity contribution in [1.29, 1.82) is 0 Å². The third kappa shape index (κ3) is 3.07. The zero-order valence-electron chi connectivity index (χ0n) is 16.0. The van der Waals surface area contributed by atoms with E-state index in [1.165, 1.54) is 4.68 Å². The van der Waals surface area contributed by atoms with Crippen LogP contribution in [0.25, 0.3) is 10.9 Å². The first-order valence-corrected chi connectivity index (χ1v) is 9.48. The standard InChI is InChI=1S/C20H25N5O2/c1-13(2)25-18(22-23(3)20(25)27)15-8-6-10-24(12-15)19(26)17-11-14-7-4-5-9-16(14)21-17/h4-5,7,9,11,13,15,21H,6,8,10,12H2,1-3H3. The molecule has 7 nitrogen and oxygen atoms in total. The minimum atomic E-state index is -0.0981. The van der Waals surface area contributed by atoms with Crippen molar-refractivity contribution in [3.05, 3.63) is 52.3 Å². The third-order valence-electron chi connectivity index (χ3n) is 5.33. The van der Waals surface area contributed by atoms with Gasteiger partial charge in [0.05, 0.1) is 0 Å². The molecule has 1 amide bonds. The highest BCUT2D eigenvalue weighted by molar-refractivity contribution is 5.98. The van der Waals surface area contributed by atoms with Crippen LogP contribution in [0.5, 0.6) is 0 Å². The minimum Gasteiger partial charge on any atom is -0.351 e. The number of likely N-dealkylation sites (tertiary alicyclic amines) is 1. The van der Waals surface area contributed by atoms with E-state index in [0.29, 0.717) is 12.2 Å². The first kappa shape index (κ1) is 17.6. The number of fused-ring (bicyclic) bond motifs is 1. The normalized spacial score (nSPS) is 17.8. The fraction of sp³-hybridized carbons (Fsp3) is 0.450. The lowest BCUT2D eigenvalue weighted by atomic mass is 9.96.